The molecule has 6 heteroatoms. The van der Waals surface area contributed by atoms with E-state index < -0.39 is 8.07 Å². The van der Waals surface area contributed by atoms with E-state index in [4.69, 9.17) is 4.74 Å². The lowest BCUT2D eigenvalue weighted by atomic mass is 9.62. The number of allylic oxidation sites excluding steroid dienone is 1. The molecule has 1 aliphatic rings. The molecule has 4 rings (SSSR count). The standard InChI is InChI=1S/C25H25BN2O2Si/c1-18(29)30-21-15-13-19(14-16-21)22(10-7-17-31(2,3)4)26-27-23-11-5-8-20-9-6-12-24(28-26)25(20)23/h5-6,8-16,27-28H,1-4H3/b22-10+. The van der Waals surface area contributed by atoms with E-state index in [1.807, 2.05) is 30.3 Å². The highest BCUT2D eigenvalue weighted by molar-refractivity contribution is 6.85. The van der Waals surface area contributed by atoms with Gasteiger partial charge in [0.25, 0.3) is 0 Å². The van der Waals surface area contributed by atoms with Crippen LogP contribution in [-0.4, -0.2) is 21.0 Å². The van der Waals surface area contributed by atoms with Crippen LogP contribution < -0.4 is 15.2 Å². The fourth-order valence-corrected chi connectivity index (χ4v) is 4.13. The summed E-state index contributed by atoms with van der Waals surface area (Å²) in [4.78, 5) is 11.3. The topological polar surface area (TPSA) is 50.4 Å². The Morgan fingerprint density at radius 3 is 2.13 bits per heavy atom. The van der Waals surface area contributed by atoms with Gasteiger partial charge in [-0.3, -0.25) is 4.79 Å². The summed E-state index contributed by atoms with van der Waals surface area (Å²) in [6, 6.07) is 20.1. The first-order valence-corrected chi connectivity index (χ1v) is 13.9. The number of hydrogen-bond donors (Lipinski definition) is 2. The minimum absolute atomic E-state index is 0.143. The van der Waals surface area contributed by atoms with Gasteiger partial charge in [0.1, 0.15) is 13.8 Å². The number of anilines is 2. The van der Waals surface area contributed by atoms with E-state index in [0.717, 1.165) is 22.4 Å². The summed E-state index contributed by atoms with van der Waals surface area (Å²) in [7, 11) is -1.50. The minimum atomic E-state index is -1.50. The third kappa shape index (κ3) is 4.84. The van der Waals surface area contributed by atoms with Gasteiger partial charge in [0.15, 0.2) is 0 Å². The molecule has 0 aromatic heterocycles. The second kappa shape index (κ2) is 8.37. The van der Waals surface area contributed by atoms with Crippen molar-refractivity contribution >= 4 is 48.6 Å². The number of carbonyl (C=O) groups is 1. The average molecular weight is 424 g/mol. The van der Waals surface area contributed by atoms with Crippen LogP contribution in [0.1, 0.15) is 12.5 Å². The first-order valence-electron chi connectivity index (χ1n) is 10.4. The van der Waals surface area contributed by atoms with Gasteiger partial charge in [-0.25, -0.2) is 0 Å². The molecule has 0 fully saturated rings. The van der Waals surface area contributed by atoms with Crippen molar-refractivity contribution in [3.05, 3.63) is 72.3 Å². The molecular formula is C25H25BN2O2Si. The number of carbonyl (C=O) groups excluding carboxylic acids is 1. The monoisotopic (exact) mass is 424 g/mol. The first-order chi connectivity index (χ1) is 14.8. The van der Waals surface area contributed by atoms with Crippen LogP contribution in [0.4, 0.5) is 11.4 Å². The molecule has 0 bridgehead atoms. The fraction of sp³-hybridized carbons (Fsp3) is 0.160. The predicted octanol–water partition coefficient (Wildman–Crippen LogP) is 5.59. The second-order valence-corrected chi connectivity index (χ2v) is 13.4. The van der Waals surface area contributed by atoms with Crippen molar-refractivity contribution in [2.45, 2.75) is 26.6 Å². The molecule has 154 valence electrons. The van der Waals surface area contributed by atoms with Crippen molar-refractivity contribution in [1.82, 2.24) is 0 Å². The van der Waals surface area contributed by atoms with E-state index in [1.54, 1.807) is 0 Å². The molecule has 0 saturated carbocycles. The first kappa shape index (κ1) is 20.8. The third-order valence-electron chi connectivity index (χ3n) is 4.94. The summed E-state index contributed by atoms with van der Waals surface area (Å²) >= 11 is 0. The Bertz CT molecular complexity index is 1190. The molecule has 1 heterocycles. The summed E-state index contributed by atoms with van der Waals surface area (Å²) in [5.41, 5.74) is 7.66. The number of ether oxygens (including phenoxy) is 1. The molecule has 31 heavy (non-hydrogen) atoms. The van der Waals surface area contributed by atoms with Crippen molar-refractivity contribution in [3.8, 4) is 17.2 Å². The van der Waals surface area contributed by atoms with Crippen molar-refractivity contribution < 1.29 is 9.53 Å². The zero-order valence-corrected chi connectivity index (χ0v) is 19.2. The van der Waals surface area contributed by atoms with Gasteiger partial charge in [0.05, 0.1) is 0 Å². The minimum Gasteiger partial charge on any atom is -0.427 e. The molecule has 0 spiro atoms. The van der Waals surface area contributed by atoms with Crippen molar-refractivity contribution in [2.24, 2.45) is 0 Å². The molecule has 0 atom stereocenters. The maximum atomic E-state index is 11.3. The lowest BCUT2D eigenvalue weighted by molar-refractivity contribution is -0.131. The molecule has 1 aliphatic heterocycles. The highest BCUT2D eigenvalue weighted by Crippen LogP contribution is 2.36. The lowest BCUT2D eigenvalue weighted by Crippen LogP contribution is -2.38. The molecule has 3 aromatic carbocycles. The molecule has 0 saturated heterocycles. The quantitative estimate of drug-likeness (QED) is 0.249. The smallest absolute Gasteiger partial charge is 0.407 e. The van der Waals surface area contributed by atoms with Gasteiger partial charge in [0, 0.05) is 23.7 Å². The van der Waals surface area contributed by atoms with Crippen LogP contribution in [0.2, 0.25) is 19.6 Å². The summed E-state index contributed by atoms with van der Waals surface area (Å²) in [6.07, 6.45) is 2.00. The van der Waals surface area contributed by atoms with Gasteiger partial charge in [-0.15, -0.1) is 5.54 Å². The SMILES string of the molecule is CC(=O)Oc1ccc(/C(=C\C#C[Si](C)(C)C)B2Nc3cccc4cccc(c34)N2)cc1. The summed E-state index contributed by atoms with van der Waals surface area (Å²) in [6.45, 7) is 7.95. The zero-order chi connectivity index (χ0) is 22.0. The summed E-state index contributed by atoms with van der Waals surface area (Å²) in [5, 5.41) is 9.66. The summed E-state index contributed by atoms with van der Waals surface area (Å²) in [5.74, 6) is 3.50. The molecule has 0 unspecified atom stereocenters. The van der Waals surface area contributed by atoms with Crippen LogP contribution in [0.25, 0.3) is 16.2 Å². The van der Waals surface area contributed by atoms with Crippen molar-refractivity contribution in [3.63, 3.8) is 0 Å². The number of esters is 1. The Labute approximate surface area is 184 Å². The van der Waals surface area contributed by atoms with Crippen molar-refractivity contribution in [1.29, 1.82) is 0 Å². The summed E-state index contributed by atoms with van der Waals surface area (Å²) < 4.78 is 5.19. The van der Waals surface area contributed by atoms with Crippen LogP contribution in [0.5, 0.6) is 5.75 Å². The van der Waals surface area contributed by atoms with Gasteiger partial charge in [-0.05, 0) is 46.8 Å². The predicted molar refractivity (Wildman–Crippen MR) is 134 cm³/mol. The van der Waals surface area contributed by atoms with Gasteiger partial charge >= 0.3 is 13.0 Å². The average Bonchev–Trinajstić information content (AvgIpc) is 2.71. The Morgan fingerprint density at radius 2 is 1.58 bits per heavy atom. The largest absolute Gasteiger partial charge is 0.427 e. The van der Waals surface area contributed by atoms with Gasteiger partial charge in [-0.2, -0.15) is 0 Å². The zero-order valence-electron chi connectivity index (χ0n) is 18.2. The molecule has 2 N–H and O–H groups in total. The maximum absolute atomic E-state index is 11.3. The van der Waals surface area contributed by atoms with Crippen LogP contribution >= 0.6 is 0 Å². The molecule has 0 amide bonds. The Balaban J connectivity index is 1.74. The molecule has 4 nitrogen and oxygen atoms in total. The maximum Gasteiger partial charge on any atom is 0.407 e. The number of rotatable bonds is 3. The Kier molecular flexibility index (Phi) is 5.62. The third-order valence-corrected chi connectivity index (χ3v) is 5.83. The van der Waals surface area contributed by atoms with Gasteiger partial charge in [-0.1, -0.05) is 62.0 Å². The van der Waals surface area contributed by atoms with E-state index in [-0.39, 0.29) is 13.0 Å². The van der Waals surface area contributed by atoms with E-state index in [2.05, 4.69) is 78.0 Å². The number of nitrogens with one attached hydrogen (secondary N) is 2. The Hall–Kier alpha value is -3.43. The highest BCUT2D eigenvalue weighted by atomic mass is 28.3. The number of benzene rings is 3. The van der Waals surface area contributed by atoms with Gasteiger partial charge < -0.3 is 15.2 Å². The molecule has 3 aromatic rings. The van der Waals surface area contributed by atoms with Crippen molar-refractivity contribution in [2.75, 3.05) is 10.5 Å². The molecular weight excluding hydrogens is 399 g/mol. The number of hydrogen-bond acceptors (Lipinski definition) is 4. The second-order valence-electron chi connectivity index (χ2n) is 8.67. The van der Waals surface area contributed by atoms with Crippen LogP contribution in [0.15, 0.2) is 66.7 Å². The van der Waals surface area contributed by atoms with Crippen LogP contribution in [0.3, 0.4) is 0 Å². The lowest BCUT2D eigenvalue weighted by Gasteiger charge is -2.28. The highest BCUT2D eigenvalue weighted by Gasteiger charge is 2.28. The van der Waals surface area contributed by atoms with E-state index in [0.29, 0.717) is 5.75 Å². The van der Waals surface area contributed by atoms with E-state index in [1.165, 1.54) is 17.7 Å². The normalized spacial score (nSPS) is 13.0. The van der Waals surface area contributed by atoms with Crippen LogP contribution in [0, 0.1) is 11.5 Å². The van der Waals surface area contributed by atoms with Crippen LogP contribution in [-0.2, 0) is 4.79 Å². The molecule has 0 radical (unpaired) electrons. The fourth-order valence-electron chi connectivity index (χ4n) is 3.63. The van der Waals surface area contributed by atoms with E-state index >= 15 is 0 Å². The molecule has 0 aliphatic carbocycles. The Morgan fingerprint density at radius 1 is 0.968 bits per heavy atom. The van der Waals surface area contributed by atoms with Gasteiger partial charge in [0.2, 0.25) is 0 Å². The van der Waals surface area contributed by atoms with E-state index in [9.17, 15) is 4.79 Å².